The highest BCUT2D eigenvalue weighted by molar-refractivity contribution is 5.87. The Morgan fingerprint density at radius 2 is 2.04 bits per heavy atom. The van der Waals surface area contributed by atoms with Crippen LogP contribution < -0.4 is 10.1 Å². The quantitative estimate of drug-likeness (QED) is 0.840. The highest BCUT2D eigenvalue weighted by atomic mass is 16.5. The second-order valence-electron chi connectivity index (χ2n) is 5.75. The van der Waals surface area contributed by atoms with E-state index < -0.39 is 0 Å². The van der Waals surface area contributed by atoms with Crippen molar-refractivity contribution in [2.45, 2.75) is 25.9 Å². The first kappa shape index (κ1) is 17.8. The minimum absolute atomic E-state index is 0.0380. The Bertz CT molecular complexity index is 586. The first-order valence-electron chi connectivity index (χ1n) is 8.17. The van der Waals surface area contributed by atoms with Crippen LogP contribution in [0.2, 0.25) is 0 Å². The summed E-state index contributed by atoms with van der Waals surface area (Å²) in [6.07, 6.45) is 2.14. The average Bonchev–Trinajstić information content (AvgIpc) is 2.65. The molecule has 6 heteroatoms. The molecule has 0 spiro atoms. The van der Waals surface area contributed by atoms with Gasteiger partial charge in [-0.25, -0.2) is 4.79 Å². The molecule has 1 aromatic rings. The molecule has 1 N–H and O–H groups in total. The zero-order chi connectivity index (χ0) is 17.5. The number of rotatable bonds is 5. The Hall–Kier alpha value is -2.50. The number of hydrogen-bond donors (Lipinski definition) is 1. The molecule has 0 radical (unpaired) electrons. The van der Waals surface area contributed by atoms with Crippen LogP contribution in [0.4, 0.5) is 4.79 Å². The number of nitrogens with one attached hydrogen (secondary N) is 1. The maximum absolute atomic E-state index is 12.4. The van der Waals surface area contributed by atoms with Gasteiger partial charge in [-0.3, -0.25) is 4.79 Å². The first-order valence-corrected chi connectivity index (χ1v) is 8.17. The van der Waals surface area contributed by atoms with E-state index in [-0.39, 0.29) is 18.0 Å². The van der Waals surface area contributed by atoms with Crippen molar-refractivity contribution < 1.29 is 14.3 Å². The molecule has 1 fully saturated rings. The van der Waals surface area contributed by atoms with Crippen molar-refractivity contribution in [1.82, 2.24) is 15.1 Å². The fraction of sp³-hybridized carbons (Fsp3) is 0.444. The van der Waals surface area contributed by atoms with Gasteiger partial charge in [0, 0.05) is 32.2 Å². The molecule has 130 valence electrons. The van der Waals surface area contributed by atoms with Gasteiger partial charge >= 0.3 is 6.03 Å². The Morgan fingerprint density at radius 3 is 2.62 bits per heavy atom. The number of piperazine rings is 1. The van der Waals surface area contributed by atoms with Crippen molar-refractivity contribution >= 4 is 11.9 Å². The van der Waals surface area contributed by atoms with E-state index in [1.807, 2.05) is 31.2 Å². The number of nitrogens with zero attached hydrogens (tertiary/aromatic N) is 2. The van der Waals surface area contributed by atoms with Crippen LogP contribution in [0.3, 0.4) is 0 Å². The third-order valence-corrected chi connectivity index (χ3v) is 4.30. The summed E-state index contributed by atoms with van der Waals surface area (Å²) in [5, 5.41) is 2.93. The van der Waals surface area contributed by atoms with Crippen LogP contribution in [-0.4, -0.2) is 54.5 Å². The van der Waals surface area contributed by atoms with Gasteiger partial charge in [-0.2, -0.15) is 0 Å². The third-order valence-electron chi connectivity index (χ3n) is 4.30. The SMILES string of the molecule is C=CC(=O)N1CCN(C(=O)NCc2ccc(OC)cc2)C[C@H]1CC. The van der Waals surface area contributed by atoms with E-state index in [0.717, 1.165) is 17.7 Å². The molecule has 0 aliphatic carbocycles. The van der Waals surface area contributed by atoms with E-state index in [0.29, 0.717) is 26.2 Å². The molecule has 0 aromatic heterocycles. The summed E-state index contributed by atoms with van der Waals surface area (Å²) >= 11 is 0. The minimum Gasteiger partial charge on any atom is -0.497 e. The molecule has 1 aliphatic rings. The van der Waals surface area contributed by atoms with E-state index >= 15 is 0 Å². The summed E-state index contributed by atoms with van der Waals surface area (Å²) in [5.41, 5.74) is 1.01. The average molecular weight is 331 g/mol. The molecule has 1 saturated heterocycles. The van der Waals surface area contributed by atoms with Crippen LogP contribution >= 0.6 is 0 Å². The van der Waals surface area contributed by atoms with Gasteiger partial charge in [0.25, 0.3) is 0 Å². The maximum atomic E-state index is 12.4. The smallest absolute Gasteiger partial charge is 0.317 e. The van der Waals surface area contributed by atoms with Gasteiger partial charge in [0.2, 0.25) is 5.91 Å². The number of carbonyl (C=O) groups is 2. The van der Waals surface area contributed by atoms with Gasteiger partial charge in [-0.1, -0.05) is 25.6 Å². The summed E-state index contributed by atoms with van der Waals surface area (Å²) in [7, 11) is 1.62. The summed E-state index contributed by atoms with van der Waals surface area (Å²) in [6, 6.07) is 7.53. The predicted octanol–water partition coefficient (Wildman–Crippen LogP) is 2.01. The summed E-state index contributed by atoms with van der Waals surface area (Å²) < 4.78 is 5.12. The van der Waals surface area contributed by atoms with Crippen molar-refractivity contribution in [3.8, 4) is 5.75 Å². The number of carbonyl (C=O) groups excluding carboxylic acids is 2. The van der Waals surface area contributed by atoms with Gasteiger partial charge in [-0.05, 0) is 30.2 Å². The Labute approximate surface area is 143 Å². The van der Waals surface area contributed by atoms with Crippen molar-refractivity contribution in [3.05, 3.63) is 42.5 Å². The van der Waals surface area contributed by atoms with Crippen LogP contribution in [0, 0.1) is 0 Å². The van der Waals surface area contributed by atoms with Crippen LogP contribution in [0.5, 0.6) is 5.75 Å². The predicted molar refractivity (Wildman–Crippen MR) is 92.8 cm³/mol. The second-order valence-corrected chi connectivity index (χ2v) is 5.75. The fourth-order valence-electron chi connectivity index (χ4n) is 2.83. The molecule has 0 bridgehead atoms. The van der Waals surface area contributed by atoms with Gasteiger partial charge in [0.1, 0.15) is 5.75 Å². The van der Waals surface area contributed by atoms with E-state index in [1.165, 1.54) is 6.08 Å². The minimum atomic E-state index is -0.102. The fourth-order valence-corrected chi connectivity index (χ4v) is 2.83. The number of methoxy groups -OCH3 is 1. The summed E-state index contributed by atoms with van der Waals surface area (Å²) in [5.74, 6) is 0.721. The molecule has 1 heterocycles. The van der Waals surface area contributed by atoms with Crippen molar-refractivity contribution in [2.24, 2.45) is 0 Å². The largest absolute Gasteiger partial charge is 0.497 e. The second kappa shape index (κ2) is 8.38. The highest BCUT2D eigenvalue weighted by Crippen LogP contribution is 2.14. The number of hydrogen-bond acceptors (Lipinski definition) is 3. The zero-order valence-electron chi connectivity index (χ0n) is 14.3. The Kier molecular flexibility index (Phi) is 6.23. The zero-order valence-corrected chi connectivity index (χ0v) is 14.3. The van der Waals surface area contributed by atoms with Gasteiger partial charge in [0.05, 0.1) is 7.11 Å². The third kappa shape index (κ3) is 4.28. The van der Waals surface area contributed by atoms with E-state index in [9.17, 15) is 9.59 Å². The van der Waals surface area contributed by atoms with Gasteiger partial charge in [0.15, 0.2) is 0 Å². The molecule has 24 heavy (non-hydrogen) atoms. The molecule has 1 atom stereocenters. The molecule has 6 nitrogen and oxygen atoms in total. The molecule has 1 aromatic carbocycles. The van der Waals surface area contributed by atoms with Gasteiger partial charge < -0.3 is 19.9 Å². The van der Waals surface area contributed by atoms with Gasteiger partial charge in [-0.15, -0.1) is 0 Å². The molecule has 0 saturated carbocycles. The number of benzene rings is 1. The van der Waals surface area contributed by atoms with Crippen LogP contribution in [-0.2, 0) is 11.3 Å². The molecule has 3 amide bonds. The Morgan fingerprint density at radius 1 is 1.33 bits per heavy atom. The molecular weight excluding hydrogens is 306 g/mol. The Balaban J connectivity index is 1.88. The normalized spacial score (nSPS) is 17.3. The maximum Gasteiger partial charge on any atom is 0.317 e. The number of urea groups is 1. The standard InChI is InChI=1S/C18H25N3O3/c1-4-15-13-20(10-11-21(15)17(22)5-2)18(23)19-12-14-6-8-16(24-3)9-7-14/h5-9,15H,2,4,10-13H2,1,3H3,(H,19,23)/t15-/m1/s1. The molecule has 2 rings (SSSR count). The lowest BCUT2D eigenvalue weighted by atomic mass is 10.1. The highest BCUT2D eigenvalue weighted by Gasteiger charge is 2.30. The lowest BCUT2D eigenvalue weighted by molar-refractivity contribution is -0.130. The lowest BCUT2D eigenvalue weighted by Gasteiger charge is -2.40. The van der Waals surface area contributed by atoms with E-state index in [4.69, 9.17) is 4.74 Å². The van der Waals surface area contributed by atoms with Crippen LogP contribution in [0.1, 0.15) is 18.9 Å². The van der Waals surface area contributed by atoms with Crippen LogP contribution in [0.25, 0.3) is 0 Å². The molecular formula is C18H25N3O3. The molecule has 1 aliphatic heterocycles. The lowest BCUT2D eigenvalue weighted by Crippen LogP contribution is -2.57. The van der Waals surface area contributed by atoms with Crippen molar-refractivity contribution in [1.29, 1.82) is 0 Å². The first-order chi connectivity index (χ1) is 11.6. The van der Waals surface area contributed by atoms with Crippen molar-refractivity contribution in [3.63, 3.8) is 0 Å². The molecule has 0 unspecified atom stereocenters. The monoisotopic (exact) mass is 331 g/mol. The van der Waals surface area contributed by atoms with E-state index in [2.05, 4.69) is 11.9 Å². The number of amides is 3. The summed E-state index contributed by atoms with van der Waals surface area (Å²) in [4.78, 5) is 27.8. The van der Waals surface area contributed by atoms with Crippen molar-refractivity contribution in [2.75, 3.05) is 26.7 Å². The number of ether oxygens (including phenoxy) is 1. The topological polar surface area (TPSA) is 61.9 Å². The van der Waals surface area contributed by atoms with E-state index in [1.54, 1.807) is 16.9 Å². The summed E-state index contributed by atoms with van der Waals surface area (Å²) in [6.45, 7) is 7.64. The van der Waals surface area contributed by atoms with Crippen LogP contribution in [0.15, 0.2) is 36.9 Å².